The molecule has 2 aliphatic rings. The Hall–Kier alpha value is -6.52. The summed E-state index contributed by atoms with van der Waals surface area (Å²) in [5, 5.41) is 18.5. The number of hydrogen-bond donors (Lipinski definition) is 1. The van der Waals surface area contributed by atoms with Gasteiger partial charge in [-0.2, -0.15) is 0 Å². The number of carbonyl (C=O) groups excluding carboxylic acids is 4. The number of ether oxygens (including phenoxy) is 3. The summed E-state index contributed by atoms with van der Waals surface area (Å²) in [6.07, 6.45) is 2.82. The van der Waals surface area contributed by atoms with Crippen molar-refractivity contribution in [3.05, 3.63) is 196 Å². The van der Waals surface area contributed by atoms with Crippen molar-refractivity contribution in [3.8, 4) is 11.5 Å². The predicted molar refractivity (Wildman–Crippen MR) is 291 cm³/mol. The number of phenols is 1. The van der Waals surface area contributed by atoms with Crippen LogP contribution in [0, 0.1) is 13.8 Å². The van der Waals surface area contributed by atoms with Gasteiger partial charge in [0, 0.05) is 47.0 Å². The monoisotopic (exact) mass is 1240 g/mol. The zero-order chi connectivity index (χ0) is 52.8. The number of hydrogen-bond acceptors (Lipinski definition) is 16. The van der Waals surface area contributed by atoms with Crippen molar-refractivity contribution in [1.82, 2.24) is 30.1 Å². The molecule has 2 fully saturated rings. The molecule has 0 spiro atoms. The summed E-state index contributed by atoms with van der Waals surface area (Å²) in [6, 6.07) is 36.2. The average molecular weight is 1250 g/mol. The molecule has 1 N–H and O–H groups in total. The minimum atomic E-state index is -0.624. The fourth-order valence-electron chi connectivity index (χ4n) is 8.44. The van der Waals surface area contributed by atoms with Crippen molar-refractivity contribution in [2.45, 2.75) is 75.4 Å². The number of carbonyl (C=O) groups is 4. The number of rotatable bonds is 16. The first-order valence-electron chi connectivity index (χ1n) is 23.5. The number of amides is 4. The molecule has 75 heavy (non-hydrogen) atoms. The van der Waals surface area contributed by atoms with E-state index in [1.807, 2.05) is 98.8 Å². The molecule has 8 aromatic rings. The van der Waals surface area contributed by atoms with Crippen LogP contribution in [-0.2, 0) is 43.8 Å². The van der Waals surface area contributed by atoms with Gasteiger partial charge in [-0.3, -0.25) is 9.59 Å². The normalized spacial score (nSPS) is 15.7. The van der Waals surface area contributed by atoms with Gasteiger partial charge in [0.1, 0.15) is 43.8 Å². The zero-order valence-electron chi connectivity index (χ0n) is 40.4. The minimum Gasteiger partial charge on any atom is -0.508 e. The zero-order valence-corrected chi connectivity index (χ0v) is 46.8. The molecule has 6 heterocycles. The van der Waals surface area contributed by atoms with E-state index in [0.29, 0.717) is 36.6 Å². The summed E-state index contributed by atoms with van der Waals surface area (Å²) >= 11 is 13.3. The van der Waals surface area contributed by atoms with Crippen molar-refractivity contribution >= 4 is 94.5 Å². The lowest BCUT2D eigenvalue weighted by molar-refractivity contribution is -0.130. The van der Waals surface area contributed by atoms with Crippen LogP contribution < -0.4 is 4.74 Å². The number of aromatic hydroxyl groups is 1. The van der Waals surface area contributed by atoms with E-state index in [4.69, 9.17) is 23.3 Å². The Morgan fingerprint density at radius 1 is 0.653 bits per heavy atom. The minimum absolute atomic E-state index is 0.0255. The maximum absolute atomic E-state index is 13.4. The van der Waals surface area contributed by atoms with Gasteiger partial charge in [-0.1, -0.05) is 111 Å². The lowest BCUT2D eigenvalue weighted by Crippen LogP contribution is -2.40. The van der Waals surface area contributed by atoms with Crippen LogP contribution in [0.2, 0.25) is 0 Å². The van der Waals surface area contributed by atoms with E-state index in [9.17, 15) is 24.3 Å². The van der Waals surface area contributed by atoms with E-state index in [0.717, 1.165) is 51.7 Å². The molecule has 0 bridgehead atoms. The van der Waals surface area contributed by atoms with Crippen LogP contribution in [-0.4, -0.2) is 84.5 Å². The number of cyclic esters (lactones) is 2. The second-order valence-corrected chi connectivity index (χ2v) is 22.5. The number of nitrogens with zero attached hydrogens (tertiary/aromatic N) is 6. The van der Waals surface area contributed by atoms with Crippen LogP contribution in [0.15, 0.2) is 151 Å². The molecule has 0 unspecified atom stereocenters. The molecule has 16 nitrogen and oxygen atoms in total. The molecule has 0 radical (unpaired) electrons. The number of aryl methyl sites for hydroxylation is 2. The maximum Gasteiger partial charge on any atom is 0.416 e. The van der Waals surface area contributed by atoms with Gasteiger partial charge in [0.15, 0.2) is 7.83 Å². The van der Waals surface area contributed by atoms with Crippen LogP contribution >= 0.6 is 70.5 Å². The van der Waals surface area contributed by atoms with E-state index in [2.05, 4.69) is 68.1 Å². The number of halogens is 3. The lowest BCUT2D eigenvalue weighted by Gasteiger charge is -2.22. The number of phenolic OH excluding ortho intramolecular Hbond substituents is 1. The Bertz CT molecular complexity index is 3130. The van der Waals surface area contributed by atoms with E-state index in [1.165, 1.54) is 27.2 Å². The molecular weight excluding hydrogens is 1200 g/mol. The van der Waals surface area contributed by atoms with Crippen molar-refractivity contribution in [1.29, 1.82) is 0 Å². The van der Waals surface area contributed by atoms with Gasteiger partial charge < -0.3 is 28.4 Å². The molecule has 388 valence electrons. The molecule has 21 heteroatoms. The first-order chi connectivity index (χ1) is 36.3. The standard InChI is InChI=1S/C27H24BrN3O5S.C22H20N2O5.C5H5Br2NS/c1-17-24(37-26(28)29-17)16-34-21-9-7-19(8-10-21)22(23-11-12-36-30-23)14-25(32)31-20(15-35-27(31)33)13-18-5-3-2-4-6-18;25-18-8-6-16(7-9-18)19(20-10-11-29-23-20)13-21(26)24-17(14-28-22(24)27)12-15-4-2-1-3-5-15;1-3-4(2-6)9-5(7)8-3/h2-12,20,22H,13-16H2,1H3;1-11,17,19,25H,12-14H2;2H2,1H3/t20-,22-;17-,19-;/m00./s1. The molecule has 4 atom stereocenters. The number of aromatic nitrogens is 4. The third-order valence-electron chi connectivity index (χ3n) is 12.3. The SMILES string of the molecule is Cc1nc(Br)sc1CBr.Cc1nc(Br)sc1COc1ccc([C@H](CC(=O)N2C(=O)OC[C@@H]2Cc2ccccc2)c2ccon2)cc1.O=C(C[C@@H](c1ccc(O)cc1)c1ccon1)N1C(=O)OC[C@@H]1Cc1ccccc1. The van der Waals surface area contributed by atoms with Gasteiger partial charge in [-0.05, 0) is 105 Å². The summed E-state index contributed by atoms with van der Waals surface area (Å²) in [5.74, 6) is -0.634. The molecule has 2 saturated heterocycles. The lowest BCUT2D eigenvalue weighted by atomic mass is 9.91. The summed E-state index contributed by atoms with van der Waals surface area (Å²) in [5.41, 5.74) is 6.95. The first kappa shape index (κ1) is 54.7. The molecule has 0 aliphatic carbocycles. The molecule has 4 aromatic heterocycles. The second kappa shape index (κ2) is 26.3. The number of alkyl halides is 1. The largest absolute Gasteiger partial charge is 0.508 e. The van der Waals surface area contributed by atoms with Gasteiger partial charge in [-0.15, -0.1) is 22.7 Å². The summed E-state index contributed by atoms with van der Waals surface area (Å²) < 4.78 is 28.2. The van der Waals surface area contributed by atoms with Gasteiger partial charge >= 0.3 is 12.2 Å². The molecule has 4 amide bonds. The van der Waals surface area contributed by atoms with Crippen LogP contribution in [0.4, 0.5) is 9.59 Å². The Balaban J connectivity index is 0.000000174. The van der Waals surface area contributed by atoms with Crippen molar-refractivity contribution < 1.29 is 47.5 Å². The smallest absolute Gasteiger partial charge is 0.416 e. The number of benzene rings is 4. The van der Waals surface area contributed by atoms with E-state index in [1.54, 1.807) is 59.1 Å². The Morgan fingerprint density at radius 2 is 1.09 bits per heavy atom. The highest BCUT2D eigenvalue weighted by Crippen LogP contribution is 2.33. The Morgan fingerprint density at radius 3 is 1.48 bits per heavy atom. The van der Waals surface area contributed by atoms with Gasteiger partial charge in [0.2, 0.25) is 11.8 Å². The van der Waals surface area contributed by atoms with E-state index < -0.39 is 24.0 Å². The van der Waals surface area contributed by atoms with Crippen molar-refractivity contribution in [2.24, 2.45) is 0 Å². The fraction of sp³-hybridized carbons (Fsp3) is 0.259. The molecule has 10 rings (SSSR count). The maximum atomic E-state index is 13.4. The topological polar surface area (TPSA) is 201 Å². The quantitative estimate of drug-likeness (QED) is 0.0896. The summed E-state index contributed by atoms with van der Waals surface area (Å²) in [6.45, 7) is 4.73. The van der Waals surface area contributed by atoms with Crippen LogP contribution in [0.3, 0.4) is 0 Å². The fourth-order valence-corrected chi connectivity index (χ4v) is 12.2. The van der Waals surface area contributed by atoms with Crippen LogP contribution in [0.5, 0.6) is 11.5 Å². The van der Waals surface area contributed by atoms with Crippen molar-refractivity contribution in [2.75, 3.05) is 13.2 Å². The first-order valence-corrected chi connectivity index (χ1v) is 27.8. The van der Waals surface area contributed by atoms with Crippen LogP contribution in [0.25, 0.3) is 0 Å². The van der Waals surface area contributed by atoms with Crippen LogP contribution in [0.1, 0.15) is 79.5 Å². The molecule has 2 aliphatic heterocycles. The molecule has 0 saturated carbocycles. The van der Waals surface area contributed by atoms with Crippen molar-refractivity contribution in [3.63, 3.8) is 0 Å². The predicted octanol–water partition coefficient (Wildman–Crippen LogP) is 12.5. The highest BCUT2D eigenvalue weighted by Gasteiger charge is 2.40. The highest BCUT2D eigenvalue weighted by molar-refractivity contribution is 9.11. The summed E-state index contributed by atoms with van der Waals surface area (Å²) in [4.78, 5) is 64.7. The van der Waals surface area contributed by atoms with Gasteiger partial charge in [0.05, 0.1) is 39.7 Å². The summed E-state index contributed by atoms with van der Waals surface area (Å²) in [7, 11) is 0. The Kier molecular flexibility index (Phi) is 19.2. The van der Waals surface area contributed by atoms with E-state index in [-0.39, 0.29) is 55.7 Å². The third-order valence-corrected chi connectivity index (χ3v) is 16.4. The Labute approximate surface area is 465 Å². The third kappa shape index (κ3) is 14.7. The molecular formula is C54H49Br3N6O10S2. The number of imide groups is 2. The second-order valence-electron chi connectivity index (χ2n) is 17.3. The van der Waals surface area contributed by atoms with E-state index >= 15 is 0 Å². The number of thiazole rings is 2. The van der Waals surface area contributed by atoms with Gasteiger partial charge in [-0.25, -0.2) is 29.4 Å². The molecule has 4 aromatic carbocycles. The average Bonchev–Trinajstić information content (AvgIpc) is 4.30. The van der Waals surface area contributed by atoms with Gasteiger partial charge in [0.25, 0.3) is 0 Å². The highest BCUT2D eigenvalue weighted by atomic mass is 79.9.